The molecule has 24 heavy (non-hydrogen) atoms. The van der Waals surface area contributed by atoms with Crippen molar-refractivity contribution < 1.29 is 9.32 Å². The van der Waals surface area contributed by atoms with Crippen molar-refractivity contribution in [2.24, 2.45) is 5.92 Å². The summed E-state index contributed by atoms with van der Waals surface area (Å²) >= 11 is 0. The van der Waals surface area contributed by atoms with E-state index in [1.54, 1.807) is 18.5 Å². The normalized spacial score (nSPS) is 20.3. The molecule has 1 aliphatic carbocycles. The Morgan fingerprint density at radius 2 is 2.21 bits per heavy atom. The first kappa shape index (κ1) is 16.2. The molecule has 0 bridgehead atoms. The first-order valence-corrected chi connectivity index (χ1v) is 8.31. The van der Waals surface area contributed by atoms with Crippen molar-refractivity contribution >= 4 is 5.91 Å². The molecule has 1 unspecified atom stereocenters. The van der Waals surface area contributed by atoms with E-state index in [1.165, 1.54) is 0 Å². The summed E-state index contributed by atoms with van der Waals surface area (Å²) in [5, 5.41) is 15.7. The average molecular weight is 324 g/mol. The van der Waals surface area contributed by atoms with Gasteiger partial charge in [0.1, 0.15) is 5.69 Å². The molecule has 1 saturated carbocycles. The maximum Gasteiger partial charge on any atom is 0.290 e. The minimum Gasteiger partial charge on any atom is -0.350 e. The molecule has 124 valence electrons. The number of rotatable bonds is 5. The molecular formula is C18H20N4O2. The summed E-state index contributed by atoms with van der Waals surface area (Å²) in [5.41, 5.74) is 1.49. The van der Waals surface area contributed by atoms with E-state index in [4.69, 9.17) is 9.78 Å². The minimum absolute atomic E-state index is 0.143. The summed E-state index contributed by atoms with van der Waals surface area (Å²) in [6, 6.07) is 7.64. The van der Waals surface area contributed by atoms with Crippen LogP contribution in [0.2, 0.25) is 0 Å². The zero-order chi connectivity index (χ0) is 16.8. The molecule has 0 spiro atoms. The number of hydrogen-bond acceptors (Lipinski definition) is 5. The van der Waals surface area contributed by atoms with Gasteiger partial charge >= 0.3 is 0 Å². The van der Waals surface area contributed by atoms with Gasteiger partial charge in [-0.15, -0.1) is 0 Å². The Morgan fingerprint density at radius 3 is 3.00 bits per heavy atom. The Balaban J connectivity index is 1.59. The second kappa shape index (κ2) is 7.73. The van der Waals surface area contributed by atoms with E-state index in [0.29, 0.717) is 18.0 Å². The lowest BCUT2D eigenvalue weighted by Gasteiger charge is -2.29. The van der Waals surface area contributed by atoms with E-state index < -0.39 is 0 Å². The van der Waals surface area contributed by atoms with Crippen molar-refractivity contribution in [2.45, 2.75) is 44.6 Å². The average Bonchev–Trinajstić information content (AvgIpc) is 3.11. The van der Waals surface area contributed by atoms with E-state index in [9.17, 15) is 4.79 Å². The number of amides is 1. The first-order chi connectivity index (χ1) is 11.8. The minimum atomic E-state index is -0.228. The molecule has 0 radical (unpaired) electrons. The number of hydrogen-bond donors (Lipinski definition) is 1. The van der Waals surface area contributed by atoms with Gasteiger partial charge in [0, 0.05) is 36.5 Å². The fraction of sp³-hybridized carbons (Fsp3) is 0.444. The highest BCUT2D eigenvalue weighted by Crippen LogP contribution is 2.28. The number of nitriles is 1. The van der Waals surface area contributed by atoms with Gasteiger partial charge in [-0.05, 0) is 37.3 Å². The van der Waals surface area contributed by atoms with Crippen LogP contribution in [0.3, 0.4) is 0 Å². The highest BCUT2D eigenvalue weighted by Gasteiger charge is 2.24. The number of carbonyl (C=O) groups is 1. The Hall–Kier alpha value is -2.68. The van der Waals surface area contributed by atoms with Gasteiger partial charge < -0.3 is 9.84 Å². The maximum atomic E-state index is 12.4. The highest BCUT2D eigenvalue weighted by atomic mass is 16.5. The molecule has 2 heterocycles. The Bertz CT molecular complexity index is 720. The van der Waals surface area contributed by atoms with Crippen LogP contribution in [-0.2, 0) is 0 Å². The number of pyridine rings is 1. The summed E-state index contributed by atoms with van der Waals surface area (Å²) in [4.78, 5) is 16.3. The van der Waals surface area contributed by atoms with E-state index in [2.05, 4.69) is 21.5 Å². The van der Waals surface area contributed by atoms with Gasteiger partial charge in [0.05, 0.1) is 6.07 Å². The van der Waals surface area contributed by atoms with Gasteiger partial charge in [-0.3, -0.25) is 9.78 Å². The molecule has 0 aromatic carbocycles. The van der Waals surface area contributed by atoms with E-state index in [1.807, 2.05) is 12.1 Å². The van der Waals surface area contributed by atoms with Crippen molar-refractivity contribution in [3.05, 3.63) is 36.4 Å². The van der Waals surface area contributed by atoms with Crippen LogP contribution in [0.4, 0.5) is 0 Å². The predicted octanol–water partition coefficient (Wildman–Crippen LogP) is 3.33. The third-order valence-corrected chi connectivity index (χ3v) is 4.49. The maximum absolute atomic E-state index is 12.4. The molecule has 2 aromatic heterocycles. The monoisotopic (exact) mass is 324 g/mol. The largest absolute Gasteiger partial charge is 0.350 e. The molecule has 2 aromatic rings. The molecule has 1 N–H and O–H groups in total. The van der Waals surface area contributed by atoms with Crippen molar-refractivity contribution in [3.63, 3.8) is 0 Å². The molecule has 0 aliphatic heterocycles. The third kappa shape index (κ3) is 3.99. The molecular weight excluding hydrogens is 304 g/mol. The number of nitrogens with zero attached hydrogens (tertiary/aromatic N) is 3. The third-order valence-electron chi connectivity index (χ3n) is 4.49. The summed E-state index contributed by atoms with van der Waals surface area (Å²) < 4.78 is 5.19. The van der Waals surface area contributed by atoms with Crippen LogP contribution >= 0.6 is 0 Å². The zero-order valence-corrected chi connectivity index (χ0v) is 13.4. The summed E-state index contributed by atoms with van der Waals surface area (Å²) in [7, 11) is 0. The van der Waals surface area contributed by atoms with Crippen LogP contribution in [0.1, 0.15) is 49.1 Å². The van der Waals surface area contributed by atoms with Gasteiger partial charge in [0.2, 0.25) is 5.76 Å². The van der Waals surface area contributed by atoms with Crippen LogP contribution < -0.4 is 5.32 Å². The van der Waals surface area contributed by atoms with Gasteiger partial charge in [0.15, 0.2) is 0 Å². The summed E-state index contributed by atoms with van der Waals surface area (Å²) in [6.07, 6.45) is 8.97. The second-order valence-corrected chi connectivity index (χ2v) is 6.21. The molecule has 6 nitrogen and oxygen atoms in total. The second-order valence-electron chi connectivity index (χ2n) is 6.21. The lowest BCUT2D eigenvalue weighted by Crippen LogP contribution is -2.38. The topological polar surface area (TPSA) is 91.8 Å². The van der Waals surface area contributed by atoms with Gasteiger partial charge in [-0.25, -0.2) is 0 Å². The van der Waals surface area contributed by atoms with E-state index in [0.717, 1.165) is 37.7 Å². The van der Waals surface area contributed by atoms with Crippen LogP contribution in [0, 0.1) is 17.2 Å². The summed E-state index contributed by atoms with van der Waals surface area (Å²) in [5.74, 6) is 0.514. The Morgan fingerprint density at radius 1 is 1.38 bits per heavy atom. The molecule has 1 fully saturated rings. The fourth-order valence-corrected chi connectivity index (χ4v) is 3.25. The summed E-state index contributed by atoms with van der Waals surface area (Å²) in [6.45, 7) is 0. The van der Waals surface area contributed by atoms with Gasteiger partial charge in [-0.2, -0.15) is 5.26 Å². The smallest absolute Gasteiger partial charge is 0.290 e. The molecule has 1 aliphatic rings. The van der Waals surface area contributed by atoms with Crippen molar-refractivity contribution in [1.29, 1.82) is 5.26 Å². The van der Waals surface area contributed by atoms with E-state index in [-0.39, 0.29) is 17.7 Å². The predicted molar refractivity (Wildman–Crippen MR) is 87.8 cm³/mol. The SMILES string of the molecule is N#CCCC1CCC[C@@H](NC(=O)c2cc(-c3ccncc3)no2)C1. The van der Waals surface area contributed by atoms with Gasteiger partial charge in [0.25, 0.3) is 5.91 Å². The first-order valence-electron chi connectivity index (χ1n) is 8.31. The van der Waals surface area contributed by atoms with Gasteiger partial charge in [-0.1, -0.05) is 18.0 Å². The van der Waals surface area contributed by atoms with Crippen LogP contribution in [0.5, 0.6) is 0 Å². The number of aromatic nitrogens is 2. The number of carbonyl (C=O) groups excluding carboxylic acids is 1. The van der Waals surface area contributed by atoms with Crippen molar-refractivity contribution in [3.8, 4) is 17.3 Å². The zero-order valence-electron chi connectivity index (χ0n) is 13.4. The lowest BCUT2D eigenvalue weighted by molar-refractivity contribution is 0.0881. The molecule has 6 heteroatoms. The van der Waals surface area contributed by atoms with Crippen LogP contribution in [0.15, 0.2) is 35.1 Å². The Labute approximate surface area is 140 Å². The molecule has 2 atom stereocenters. The molecule has 1 amide bonds. The quantitative estimate of drug-likeness (QED) is 0.910. The molecule has 0 saturated heterocycles. The van der Waals surface area contributed by atoms with Crippen molar-refractivity contribution in [2.75, 3.05) is 0 Å². The van der Waals surface area contributed by atoms with E-state index >= 15 is 0 Å². The number of nitrogens with one attached hydrogen (secondary N) is 1. The van der Waals surface area contributed by atoms with Crippen LogP contribution in [-0.4, -0.2) is 22.1 Å². The van der Waals surface area contributed by atoms with Crippen molar-refractivity contribution in [1.82, 2.24) is 15.5 Å². The van der Waals surface area contributed by atoms with Crippen LogP contribution in [0.25, 0.3) is 11.3 Å². The molecule has 3 rings (SSSR count). The lowest BCUT2D eigenvalue weighted by atomic mass is 9.83. The Kier molecular flexibility index (Phi) is 5.22. The fourth-order valence-electron chi connectivity index (χ4n) is 3.25. The standard InChI is InChI=1S/C18H20N4O2/c19-8-2-4-13-3-1-5-15(11-13)21-18(23)17-12-16(22-24-17)14-6-9-20-10-7-14/h6-7,9-10,12-13,15H,1-5,11H2,(H,21,23)/t13?,15-/m1/s1. The highest BCUT2D eigenvalue weighted by molar-refractivity contribution is 5.92.